The molecular weight excluding hydrogens is 168 g/mol. The maximum absolute atomic E-state index is 4.22. The molecule has 0 aliphatic rings. The van der Waals surface area contributed by atoms with Gasteiger partial charge in [0.2, 0.25) is 0 Å². The van der Waals surface area contributed by atoms with Crippen molar-refractivity contribution in [2.75, 3.05) is 19.0 Å². The zero-order valence-corrected chi connectivity index (χ0v) is 7.93. The molecule has 0 aliphatic carbocycles. The Morgan fingerprint density at radius 1 is 1.33 bits per heavy atom. The minimum Gasteiger partial charge on any atom is -0.378 e. The highest BCUT2D eigenvalue weighted by molar-refractivity contribution is 7.16. The zero-order valence-electron chi connectivity index (χ0n) is 7.11. The van der Waals surface area contributed by atoms with E-state index in [1.807, 2.05) is 19.6 Å². The van der Waals surface area contributed by atoms with E-state index in [9.17, 15) is 0 Å². The number of thiazole rings is 1. The van der Waals surface area contributed by atoms with Gasteiger partial charge < -0.3 is 4.90 Å². The van der Waals surface area contributed by atoms with E-state index < -0.39 is 0 Å². The largest absolute Gasteiger partial charge is 0.378 e. The first kappa shape index (κ1) is 7.55. The molecule has 1 aromatic heterocycles. The molecule has 2 rings (SSSR count). The van der Waals surface area contributed by atoms with Gasteiger partial charge in [-0.2, -0.15) is 0 Å². The summed E-state index contributed by atoms with van der Waals surface area (Å²) in [6.07, 6.45) is 0. The summed E-state index contributed by atoms with van der Waals surface area (Å²) in [6.45, 7) is 0. The molecule has 0 aliphatic heterocycles. The molecule has 0 N–H and O–H groups in total. The Hall–Kier alpha value is -1.09. The van der Waals surface area contributed by atoms with Gasteiger partial charge in [0.05, 0.1) is 15.7 Å². The fourth-order valence-corrected chi connectivity index (χ4v) is 1.83. The normalized spacial score (nSPS) is 10.5. The van der Waals surface area contributed by atoms with Crippen LogP contribution in [0.5, 0.6) is 0 Å². The van der Waals surface area contributed by atoms with Crippen molar-refractivity contribution < 1.29 is 0 Å². The first-order chi connectivity index (χ1) is 5.77. The summed E-state index contributed by atoms with van der Waals surface area (Å²) >= 11 is 1.68. The predicted molar refractivity (Wildman–Crippen MR) is 53.9 cm³/mol. The summed E-state index contributed by atoms with van der Waals surface area (Å²) in [6, 6.07) is 6.30. The van der Waals surface area contributed by atoms with Crippen molar-refractivity contribution in [2.24, 2.45) is 0 Å². The molecule has 3 heteroatoms. The molecule has 2 aromatic rings. The Labute approximate surface area is 75.5 Å². The number of rotatable bonds is 1. The number of anilines is 1. The van der Waals surface area contributed by atoms with Crippen LogP contribution < -0.4 is 4.90 Å². The van der Waals surface area contributed by atoms with Crippen LogP contribution in [-0.4, -0.2) is 19.1 Å². The van der Waals surface area contributed by atoms with Crippen molar-refractivity contribution in [3.63, 3.8) is 0 Å². The van der Waals surface area contributed by atoms with E-state index in [1.54, 1.807) is 11.3 Å². The predicted octanol–water partition coefficient (Wildman–Crippen LogP) is 2.36. The van der Waals surface area contributed by atoms with Crippen molar-refractivity contribution in [1.29, 1.82) is 0 Å². The van der Waals surface area contributed by atoms with Gasteiger partial charge in [0, 0.05) is 19.8 Å². The molecule has 2 nitrogen and oxygen atoms in total. The molecule has 0 atom stereocenters. The number of hydrogen-bond acceptors (Lipinski definition) is 3. The minimum absolute atomic E-state index is 1.09. The maximum Gasteiger partial charge on any atom is 0.0813 e. The topological polar surface area (TPSA) is 16.1 Å². The molecule has 0 saturated carbocycles. The number of nitrogens with zero attached hydrogens (tertiary/aromatic N) is 2. The van der Waals surface area contributed by atoms with Gasteiger partial charge in [0.1, 0.15) is 0 Å². The van der Waals surface area contributed by atoms with E-state index in [4.69, 9.17) is 0 Å². The average molecular weight is 178 g/mol. The molecule has 0 fully saturated rings. The van der Waals surface area contributed by atoms with Gasteiger partial charge in [-0.1, -0.05) is 0 Å². The zero-order chi connectivity index (χ0) is 8.55. The van der Waals surface area contributed by atoms with E-state index in [1.165, 1.54) is 10.4 Å². The summed E-state index contributed by atoms with van der Waals surface area (Å²) in [4.78, 5) is 6.32. The van der Waals surface area contributed by atoms with E-state index in [0.29, 0.717) is 0 Å². The van der Waals surface area contributed by atoms with Crippen LogP contribution in [0.1, 0.15) is 0 Å². The maximum atomic E-state index is 4.22. The molecule has 62 valence electrons. The van der Waals surface area contributed by atoms with Crippen molar-refractivity contribution >= 4 is 27.2 Å². The van der Waals surface area contributed by atoms with Crippen molar-refractivity contribution in [1.82, 2.24) is 4.98 Å². The number of benzene rings is 1. The number of aromatic nitrogens is 1. The summed E-state index contributed by atoms with van der Waals surface area (Å²) in [5.41, 5.74) is 4.20. The molecule has 0 spiro atoms. The van der Waals surface area contributed by atoms with Crippen LogP contribution in [0.2, 0.25) is 0 Å². The van der Waals surface area contributed by atoms with Crippen LogP contribution in [0.25, 0.3) is 10.2 Å². The lowest BCUT2D eigenvalue weighted by atomic mass is 10.3. The van der Waals surface area contributed by atoms with Gasteiger partial charge >= 0.3 is 0 Å². The van der Waals surface area contributed by atoms with Gasteiger partial charge in [-0.05, 0) is 18.2 Å². The van der Waals surface area contributed by atoms with Gasteiger partial charge in [0.15, 0.2) is 0 Å². The smallest absolute Gasteiger partial charge is 0.0813 e. The first-order valence-electron chi connectivity index (χ1n) is 3.78. The van der Waals surface area contributed by atoms with Gasteiger partial charge in [-0.15, -0.1) is 11.3 Å². The highest BCUT2D eigenvalue weighted by Gasteiger charge is 1.98. The quantitative estimate of drug-likeness (QED) is 0.666. The van der Waals surface area contributed by atoms with Crippen molar-refractivity contribution in [3.05, 3.63) is 23.7 Å². The molecule has 0 amide bonds. The molecule has 0 bridgehead atoms. The molecule has 1 aromatic carbocycles. The van der Waals surface area contributed by atoms with E-state index in [-0.39, 0.29) is 0 Å². The van der Waals surface area contributed by atoms with Gasteiger partial charge in [-0.3, -0.25) is 0 Å². The highest BCUT2D eigenvalue weighted by atomic mass is 32.1. The number of hydrogen-bond donors (Lipinski definition) is 0. The summed E-state index contributed by atoms with van der Waals surface area (Å²) < 4.78 is 1.25. The van der Waals surface area contributed by atoms with E-state index in [2.05, 4.69) is 28.1 Å². The lowest BCUT2D eigenvalue weighted by molar-refractivity contribution is 1.14. The third kappa shape index (κ3) is 1.16. The second-order valence-electron chi connectivity index (χ2n) is 2.90. The first-order valence-corrected chi connectivity index (χ1v) is 4.66. The van der Waals surface area contributed by atoms with Crippen molar-refractivity contribution in [3.8, 4) is 0 Å². The molecule has 0 radical (unpaired) electrons. The lowest BCUT2D eigenvalue weighted by Gasteiger charge is -2.11. The fourth-order valence-electron chi connectivity index (χ4n) is 1.12. The Morgan fingerprint density at radius 3 is 2.92 bits per heavy atom. The standard InChI is InChI=1S/C9H10N2S/c1-11(2)7-3-4-8-9(5-7)12-6-10-8/h3-6H,1-2H3. The number of fused-ring (bicyclic) bond motifs is 1. The molecule has 12 heavy (non-hydrogen) atoms. The van der Waals surface area contributed by atoms with Crippen molar-refractivity contribution in [2.45, 2.75) is 0 Å². The van der Waals surface area contributed by atoms with Gasteiger partial charge in [-0.25, -0.2) is 4.98 Å². The summed E-state index contributed by atoms with van der Waals surface area (Å²) in [5.74, 6) is 0. The van der Waals surface area contributed by atoms with Crippen LogP contribution in [0.4, 0.5) is 5.69 Å². The van der Waals surface area contributed by atoms with E-state index >= 15 is 0 Å². The van der Waals surface area contributed by atoms with Crippen LogP contribution >= 0.6 is 11.3 Å². The van der Waals surface area contributed by atoms with Gasteiger partial charge in [0.25, 0.3) is 0 Å². The second-order valence-corrected chi connectivity index (χ2v) is 3.79. The Kier molecular flexibility index (Phi) is 1.73. The fraction of sp³-hybridized carbons (Fsp3) is 0.222. The Balaban J connectivity index is 2.60. The van der Waals surface area contributed by atoms with Crippen LogP contribution in [-0.2, 0) is 0 Å². The minimum atomic E-state index is 1.09. The average Bonchev–Trinajstić information content (AvgIpc) is 2.49. The Bertz CT molecular complexity index is 392. The molecule has 0 saturated heterocycles. The molecular formula is C9H10N2S. The van der Waals surface area contributed by atoms with Crippen LogP contribution in [0, 0.1) is 0 Å². The second kappa shape index (κ2) is 2.75. The SMILES string of the molecule is CN(C)c1ccc2ncsc2c1. The third-order valence-corrected chi connectivity index (χ3v) is 2.62. The van der Waals surface area contributed by atoms with Crippen LogP contribution in [0.15, 0.2) is 23.7 Å². The molecule has 1 heterocycles. The summed E-state index contributed by atoms with van der Waals surface area (Å²) in [7, 11) is 4.09. The lowest BCUT2D eigenvalue weighted by Crippen LogP contribution is -2.07. The highest BCUT2D eigenvalue weighted by Crippen LogP contribution is 2.22. The third-order valence-electron chi connectivity index (χ3n) is 1.83. The Morgan fingerprint density at radius 2 is 2.17 bits per heavy atom. The monoisotopic (exact) mass is 178 g/mol. The van der Waals surface area contributed by atoms with E-state index in [0.717, 1.165) is 5.52 Å². The summed E-state index contributed by atoms with van der Waals surface area (Å²) in [5, 5.41) is 0. The molecule has 0 unspecified atom stereocenters. The van der Waals surface area contributed by atoms with Crippen LogP contribution in [0.3, 0.4) is 0 Å².